The Morgan fingerprint density at radius 2 is 0.663 bits per heavy atom. The molecule has 11 rings (SSSR count). The van der Waals surface area contributed by atoms with E-state index in [4.69, 9.17) is 5.11 Å². The van der Waals surface area contributed by atoms with Gasteiger partial charge in [0.1, 0.15) is 5.69 Å². The molecule has 13 heteroatoms. The molecule has 515 valence electrons. The van der Waals surface area contributed by atoms with E-state index in [1.165, 1.54) is 176 Å². The van der Waals surface area contributed by atoms with Crippen LogP contribution in [0, 0.1) is 47.8 Å². The van der Waals surface area contributed by atoms with Crippen molar-refractivity contribution in [3.63, 3.8) is 0 Å². The first-order valence-corrected chi connectivity index (χ1v) is 33.8. The molecule has 0 atom stereocenters. The summed E-state index contributed by atoms with van der Waals surface area (Å²) < 4.78 is 36.3. The van der Waals surface area contributed by atoms with Crippen LogP contribution >= 0.6 is 0 Å². The molecule has 0 aliphatic rings. The van der Waals surface area contributed by atoms with Crippen LogP contribution in [-0.2, 0) is 59.5 Å². The second-order valence-electron chi connectivity index (χ2n) is 22.6. The Morgan fingerprint density at radius 1 is 0.347 bits per heavy atom. The molecule has 8 nitrogen and oxygen atoms in total. The molecule has 0 unspecified atom stereocenters. The predicted octanol–water partition coefficient (Wildman–Crippen LogP) is 22.7. The third-order valence-electron chi connectivity index (χ3n) is 14.8. The quantitative estimate of drug-likeness (QED) is 0.0421. The number of hydrogen-bond acceptors (Lipinski definition) is 7. The van der Waals surface area contributed by atoms with Gasteiger partial charge in [0, 0.05) is 80.9 Å². The largest absolute Gasteiger partial charge is 3.00 e. The van der Waals surface area contributed by atoms with Crippen molar-refractivity contribution in [2.24, 2.45) is 0 Å². The molecular weight excluding hydrogens is 1580 g/mol. The van der Waals surface area contributed by atoms with Crippen LogP contribution in [0.1, 0.15) is 164 Å². The van der Waals surface area contributed by atoms with Crippen molar-refractivity contribution in [1.82, 2.24) is 29.9 Å². The van der Waals surface area contributed by atoms with Gasteiger partial charge in [-0.25, -0.2) is 9.78 Å². The van der Waals surface area contributed by atoms with Gasteiger partial charge in [0.05, 0.1) is 0 Å². The fraction of sp³-hybridized carbons (Fsp3) is 0.282. The van der Waals surface area contributed by atoms with Crippen molar-refractivity contribution in [3.8, 4) is 45.0 Å². The number of halogens is 3. The maximum atomic E-state index is 12.6. The SMILES string of the molecule is CCCCCCCCc1c[c-]c(-c2ccccn2)cc1.CCCCCCCCc1c[c-]c(-c2ccccn2)cc1.CCCCCCCCc1c[c-]c(-c2ccccn2)cc1.Fc1c[c-]c(-c2ccccn2)cc1.Fc1c[c-]cc(F)c1.O=C(O)c1ccccn1.[Ir+3].[Ir].c1ccncc1. The minimum atomic E-state index is -0.990. The summed E-state index contributed by atoms with van der Waals surface area (Å²) in [7, 11) is 0. The average Bonchev–Trinajstić information content (AvgIpc) is 1.51. The first-order chi connectivity index (χ1) is 47.1. The van der Waals surface area contributed by atoms with Gasteiger partial charge < -0.3 is 25.0 Å². The third-order valence-corrected chi connectivity index (χ3v) is 14.8. The first-order valence-electron chi connectivity index (χ1n) is 33.8. The molecule has 0 aliphatic carbocycles. The van der Waals surface area contributed by atoms with Crippen LogP contribution in [0.2, 0.25) is 0 Å². The number of benzene rings is 5. The van der Waals surface area contributed by atoms with Crippen LogP contribution in [0.3, 0.4) is 0 Å². The molecule has 1 radical (unpaired) electrons. The number of aromatic carboxylic acids is 1. The van der Waals surface area contributed by atoms with Gasteiger partial charge in [0.25, 0.3) is 0 Å². The molecule has 6 heterocycles. The molecule has 6 aromatic heterocycles. The zero-order valence-electron chi connectivity index (χ0n) is 56.8. The Hall–Kier alpha value is -8.44. The summed E-state index contributed by atoms with van der Waals surface area (Å²) >= 11 is 0. The van der Waals surface area contributed by atoms with Gasteiger partial charge in [-0.05, 0) is 71.3 Å². The fourth-order valence-corrected chi connectivity index (χ4v) is 9.52. The van der Waals surface area contributed by atoms with Gasteiger partial charge in [0.15, 0.2) is 0 Å². The summed E-state index contributed by atoms with van der Waals surface area (Å²) in [6.45, 7) is 6.79. The van der Waals surface area contributed by atoms with Gasteiger partial charge >= 0.3 is 26.1 Å². The number of rotatable bonds is 26. The summed E-state index contributed by atoms with van der Waals surface area (Å²) in [5.74, 6) is -2.45. The molecule has 1 N–H and O–H groups in total. The minimum Gasteiger partial charge on any atom is -0.477 e. The van der Waals surface area contributed by atoms with Crippen molar-refractivity contribution >= 4 is 5.97 Å². The number of nitrogens with zero attached hydrogens (tertiary/aromatic N) is 6. The molecule has 0 saturated heterocycles. The number of aryl methyl sites for hydroxylation is 3. The molecule has 0 saturated carbocycles. The van der Waals surface area contributed by atoms with E-state index in [1.54, 1.807) is 36.8 Å². The van der Waals surface area contributed by atoms with Gasteiger partial charge in [-0.2, -0.15) is 6.07 Å². The van der Waals surface area contributed by atoms with E-state index in [-0.39, 0.29) is 51.7 Å². The van der Waals surface area contributed by atoms with Crippen molar-refractivity contribution in [1.29, 1.82) is 0 Å². The molecule has 98 heavy (non-hydrogen) atoms. The monoisotopic (exact) mass is 1670 g/mol. The van der Waals surface area contributed by atoms with Crippen LogP contribution in [0.5, 0.6) is 0 Å². The normalized spacial score (nSPS) is 9.90. The van der Waals surface area contributed by atoms with Crippen molar-refractivity contribution in [3.05, 3.63) is 314 Å². The Labute approximate surface area is 609 Å². The van der Waals surface area contributed by atoms with Crippen LogP contribution in [-0.4, -0.2) is 41.0 Å². The van der Waals surface area contributed by atoms with Crippen LogP contribution in [0.15, 0.2) is 244 Å². The third kappa shape index (κ3) is 37.9. The molecule has 0 bridgehead atoms. The van der Waals surface area contributed by atoms with Crippen LogP contribution < -0.4 is 0 Å². The number of pyridine rings is 6. The molecule has 5 aromatic carbocycles. The van der Waals surface area contributed by atoms with E-state index in [9.17, 15) is 18.0 Å². The van der Waals surface area contributed by atoms with Crippen molar-refractivity contribution in [2.75, 3.05) is 0 Å². The average molecular weight is 1670 g/mol. The maximum absolute atomic E-state index is 12.6. The molecule has 0 fully saturated rings. The van der Waals surface area contributed by atoms with Gasteiger partial charge in [-0.15, -0.1) is 154 Å². The number of carbonyl (C=O) groups is 1. The first kappa shape index (κ1) is 83.8. The van der Waals surface area contributed by atoms with Crippen molar-refractivity contribution in [2.45, 2.75) is 156 Å². The fourth-order valence-electron chi connectivity index (χ4n) is 9.52. The standard InChI is InChI=1S/3C19H24N.C11H7FN.C6H3F2.C6H5NO2.C5H5N.2Ir/c3*1-2-3-4-5-6-7-10-17-12-14-18(15-13-17)19-11-8-9-16-20-19;12-10-6-4-9(5-7-10)11-3-1-2-8-13-11;7-5-2-1-3-6(8)4-5;8-6(9)5-3-1-2-4-7-5;1-2-4-6-5-3-1;;/h3*8-9,11-14,16H,2-7,10H2,1H3;1-4,6-8H;2-4H;1-4H,(H,8,9);1-5H;;/q5*-1;;;;+3. The number of aromatic nitrogens is 6. The van der Waals surface area contributed by atoms with Gasteiger partial charge in [0.2, 0.25) is 0 Å². The summed E-state index contributed by atoms with van der Waals surface area (Å²) in [6.07, 6.45) is 40.0. The molecular formula is C85H92F3Ir2N6O2-2. The Kier molecular flexibility index (Phi) is 46.6. The Balaban J connectivity index is 0.000000307. The zero-order valence-corrected chi connectivity index (χ0v) is 61.6. The van der Waals surface area contributed by atoms with E-state index in [0.717, 1.165) is 63.2 Å². The zero-order chi connectivity index (χ0) is 68.1. The van der Waals surface area contributed by atoms with E-state index in [2.05, 4.69) is 136 Å². The summed E-state index contributed by atoms with van der Waals surface area (Å²) in [6, 6.07) is 75.9. The van der Waals surface area contributed by atoms with Crippen LogP contribution in [0.25, 0.3) is 45.0 Å². The number of carboxylic acid groups (broad SMARTS) is 1. The smallest absolute Gasteiger partial charge is 0.477 e. The number of unbranched alkanes of at least 4 members (excludes halogenated alkanes) is 15. The van der Waals surface area contributed by atoms with Crippen LogP contribution in [0.4, 0.5) is 13.2 Å². The van der Waals surface area contributed by atoms with E-state index in [1.807, 2.05) is 110 Å². The second-order valence-corrected chi connectivity index (χ2v) is 22.6. The summed E-state index contributed by atoms with van der Waals surface area (Å²) in [5.41, 5.74) is 12.1. The van der Waals surface area contributed by atoms with Gasteiger partial charge in [-0.3, -0.25) is 18.2 Å². The van der Waals surface area contributed by atoms with Crippen molar-refractivity contribution < 1.29 is 63.3 Å². The Morgan fingerprint density at radius 3 is 0.888 bits per heavy atom. The number of hydrogen-bond donors (Lipinski definition) is 1. The molecule has 11 aromatic rings. The van der Waals surface area contributed by atoms with Gasteiger partial charge in [-0.1, -0.05) is 216 Å². The summed E-state index contributed by atoms with van der Waals surface area (Å²) in [5, 5.41) is 8.32. The van der Waals surface area contributed by atoms with E-state index >= 15 is 0 Å². The summed E-state index contributed by atoms with van der Waals surface area (Å²) in [4.78, 5) is 34.7. The topological polar surface area (TPSA) is 115 Å². The maximum Gasteiger partial charge on any atom is 3.00 e. The van der Waals surface area contributed by atoms with E-state index < -0.39 is 17.6 Å². The van der Waals surface area contributed by atoms with E-state index in [0.29, 0.717) is 0 Å². The Bertz CT molecular complexity index is 3380. The molecule has 0 amide bonds. The predicted molar refractivity (Wildman–Crippen MR) is 386 cm³/mol. The molecule has 0 aliphatic heterocycles. The second kappa shape index (κ2) is 54.6. The number of carboxylic acids is 1. The minimum absolute atomic E-state index is 0. The molecule has 0 spiro atoms.